The number of benzene rings is 6. The Balaban J connectivity index is 1.45. The zero-order valence-electron chi connectivity index (χ0n) is 27.5. The lowest BCUT2D eigenvalue weighted by atomic mass is 9.56. The Morgan fingerprint density at radius 3 is 2.22 bits per heavy atom. The van der Waals surface area contributed by atoms with E-state index < -0.39 is 5.41 Å². The number of thiazole rings is 1. The molecule has 3 nitrogen and oxygen atoms in total. The molecule has 0 aliphatic heterocycles. The summed E-state index contributed by atoms with van der Waals surface area (Å²) in [5.41, 5.74) is 7.67. The highest BCUT2D eigenvalue weighted by molar-refractivity contribution is 7.16. The Morgan fingerprint density at radius 1 is 0.700 bits per heavy atom. The molecule has 0 saturated carbocycles. The topological polar surface area (TPSA) is 38.9 Å². The van der Waals surface area contributed by atoms with Gasteiger partial charge < -0.3 is 4.52 Å². The van der Waals surface area contributed by atoms with Crippen molar-refractivity contribution in [2.75, 3.05) is 0 Å². The van der Waals surface area contributed by atoms with Gasteiger partial charge in [0.2, 0.25) is 0 Å². The number of thiophene rings is 1. The first-order chi connectivity index (χ1) is 24.7. The number of hydrogen-bond donors (Lipinski definition) is 0. The Hall–Kier alpha value is -5.36. The Bertz CT molecular complexity index is 2560. The molecule has 2 unspecified atom stereocenters. The molecular formula is C45H33N2OS2. The number of hydrogen-bond acceptors (Lipinski definition) is 5. The first kappa shape index (κ1) is 30.7. The minimum Gasteiger partial charge on any atom is -0.361 e. The molecule has 2 atom stereocenters. The zero-order chi connectivity index (χ0) is 33.5. The second-order valence-electron chi connectivity index (χ2n) is 12.8. The predicted octanol–water partition coefficient (Wildman–Crippen LogP) is 11.9. The van der Waals surface area contributed by atoms with Gasteiger partial charge in [-0.2, -0.15) is 0 Å². The van der Waals surface area contributed by atoms with E-state index in [1.807, 2.05) is 23.8 Å². The molecule has 0 bridgehead atoms. The van der Waals surface area contributed by atoms with E-state index in [0.717, 1.165) is 33.7 Å². The quantitative estimate of drug-likeness (QED) is 0.152. The van der Waals surface area contributed by atoms with E-state index in [2.05, 4.69) is 162 Å². The molecule has 0 aliphatic rings. The fourth-order valence-electron chi connectivity index (χ4n) is 7.83. The van der Waals surface area contributed by atoms with Crippen LogP contribution in [0.1, 0.15) is 44.5 Å². The lowest BCUT2D eigenvalue weighted by molar-refractivity contribution is 0.378. The van der Waals surface area contributed by atoms with E-state index in [1.165, 1.54) is 49.0 Å². The maximum Gasteiger partial charge on any atom is 0.133 e. The van der Waals surface area contributed by atoms with E-state index in [1.54, 1.807) is 11.3 Å². The zero-order valence-corrected chi connectivity index (χ0v) is 29.1. The highest BCUT2D eigenvalue weighted by Crippen LogP contribution is 2.57. The summed E-state index contributed by atoms with van der Waals surface area (Å²) in [7, 11) is 0. The molecule has 3 aromatic heterocycles. The number of rotatable bonds is 9. The van der Waals surface area contributed by atoms with Gasteiger partial charge in [0.25, 0.3) is 0 Å². The summed E-state index contributed by atoms with van der Waals surface area (Å²) in [5, 5.41) is 12.2. The van der Waals surface area contributed by atoms with Crippen molar-refractivity contribution in [3.05, 3.63) is 207 Å². The molecule has 0 aliphatic carbocycles. The first-order valence-electron chi connectivity index (χ1n) is 16.9. The average molecular weight is 682 g/mol. The van der Waals surface area contributed by atoms with Gasteiger partial charge in [-0.05, 0) is 74.7 Å². The number of nitrogens with zero attached hydrogens (tertiary/aromatic N) is 2. The van der Waals surface area contributed by atoms with E-state index in [4.69, 9.17) is 9.68 Å². The van der Waals surface area contributed by atoms with Crippen LogP contribution in [0, 0.1) is 12.8 Å². The number of fused-ring (bicyclic) bond motifs is 3. The molecule has 5 heteroatoms. The summed E-state index contributed by atoms with van der Waals surface area (Å²) in [5.74, 6) is 2.00. The molecule has 9 rings (SSSR count). The van der Waals surface area contributed by atoms with Crippen LogP contribution < -0.4 is 0 Å². The molecular weight excluding hydrogens is 649 g/mol. The highest BCUT2D eigenvalue weighted by atomic mass is 32.1. The Labute approximate surface area is 299 Å². The standard InChI is InChI=1S/C45H33N2OS2/c1-30-25-43(47-48-30)45(35-23-24-40-42(26-35)50-29-46-40,39-22-12-19-31-15-8-10-20-36(31)39)44(33-16-6-3-7-17-33)38(32-13-4-2-5-14-32)27-41-37-21-11-9-18-34(37)28-49-41/h2-26,28-29,38H,27H2,1H3. The SMILES string of the molecule is Cc1cc(C([C](c2ccccc2)C(Cc2scc3ccccc23)c2ccccc2)(c2ccc3ncsc3c2)c2cccc3ccccc23)no1. The van der Waals surface area contributed by atoms with Crippen molar-refractivity contribution in [3.63, 3.8) is 0 Å². The molecule has 9 aromatic rings. The fourth-order valence-corrected chi connectivity index (χ4v) is 9.59. The molecule has 0 N–H and O–H groups in total. The molecule has 50 heavy (non-hydrogen) atoms. The summed E-state index contributed by atoms with van der Waals surface area (Å²) in [6, 6.07) is 55.1. The van der Waals surface area contributed by atoms with Crippen LogP contribution in [-0.2, 0) is 11.8 Å². The van der Waals surface area contributed by atoms with Crippen LogP contribution in [0.15, 0.2) is 167 Å². The summed E-state index contributed by atoms with van der Waals surface area (Å²) in [6.45, 7) is 1.99. The summed E-state index contributed by atoms with van der Waals surface area (Å²) < 4.78 is 7.20. The van der Waals surface area contributed by atoms with E-state index in [0.29, 0.717) is 0 Å². The van der Waals surface area contributed by atoms with Crippen molar-refractivity contribution >= 4 is 54.4 Å². The van der Waals surface area contributed by atoms with Gasteiger partial charge in [-0.15, -0.1) is 22.7 Å². The van der Waals surface area contributed by atoms with E-state index in [-0.39, 0.29) is 5.92 Å². The van der Waals surface area contributed by atoms with Gasteiger partial charge in [0.05, 0.1) is 26.8 Å². The number of aromatic nitrogens is 2. The van der Waals surface area contributed by atoms with Crippen molar-refractivity contribution < 1.29 is 4.52 Å². The normalized spacial score (nSPS) is 13.6. The minimum atomic E-state index is -0.855. The maximum absolute atomic E-state index is 6.06. The third-order valence-corrected chi connectivity index (χ3v) is 11.8. The average Bonchev–Trinajstić information content (AvgIpc) is 3.94. The molecule has 0 amide bonds. The molecule has 0 spiro atoms. The highest BCUT2D eigenvalue weighted by Gasteiger charge is 2.51. The predicted molar refractivity (Wildman–Crippen MR) is 208 cm³/mol. The molecule has 0 saturated heterocycles. The van der Waals surface area contributed by atoms with Crippen LogP contribution in [-0.4, -0.2) is 10.1 Å². The van der Waals surface area contributed by atoms with Gasteiger partial charge in [0.1, 0.15) is 5.76 Å². The Kier molecular flexibility index (Phi) is 7.87. The second-order valence-corrected chi connectivity index (χ2v) is 14.7. The van der Waals surface area contributed by atoms with Crippen LogP contribution in [0.5, 0.6) is 0 Å². The second kappa shape index (κ2) is 12.8. The van der Waals surface area contributed by atoms with Gasteiger partial charge in [0.15, 0.2) is 0 Å². The van der Waals surface area contributed by atoms with Crippen molar-refractivity contribution in [2.45, 2.75) is 24.7 Å². The summed E-state index contributed by atoms with van der Waals surface area (Å²) in [6.07, 6.45) is 0.818. The fraction of sp³-hybridized carbons (Fsp3) is 0.0889. The van der Waals surface area contributed by atoms with E-state index in [9.17, 15) is 0 Å². The van der Waals surface area contributed by atoms with Gasteiger partial charge in [-0.1, -0.05) is 139 Å². The Morgan fingerprint density at radius 2 is 1.42 bits per heavy atom. The van der Waals surface area contributed by atoms with E-state index >= 15 is 0 Å². The van der Waals surface area contributed by atoms with Crippen LogP contribution in [0.25, 0.3) is 31.8 Å². The summed E-state index contributed by atoms with van der Waals surface area (Å²) >= 11 is 3.52. The smallest absolute Gasteiger partial charge is 0.133 e. The molecule has 241 valence electrons. The molecule has 0 fully saturated rings. The van der Waals surface area contributed by atoms with Crippen LogP contribution >= 0.6 is 22.7 Å². The van der Waals surface area contributed by atoms with Crippen molar-refractivity contribution in [1.29, 1.82) is 0 Å². The minimum absolute atomic E-state index is 0.0335. The third-order valence-electron chi connectivity index (χ3n) is 9.99. The molecule has 1 radical (unpaired) electrons. The summed E-state index contributed by atoms with van der Waals surface area (Å²) in [4.78, 5) is 6.05. The lowest BCUT2D eigenvalue weighted by Crippen LogP contribution is -2.41. The van der Waals surface area contributed by atoms with Crippen molar-refractivity contribution in [3.8, 4) is 0 Å². The van der Waals surface area contributed by atoms with Gasteiger partial charge in [-0.25, -0.2) is 4.98 Å². The van der Waals surface area contributed by atoms with Gasteiger partial charge >= 0.3 is 0 Å². The lowest BCUT2D eigenvalue weighted by Gasteiger charge is -2.45. The van der Waals surface area contributed by atoms with Crippen molar-refractivity contribution in [1.82, 2.24) is 10.1 Å². The molecule has 6 aromatic carbocycles. The number of aryl methyl sites for hydroxylation is 1. The monoisotopic (exact) mass is 681 g/mol. The van der Waals surface area contributed by atoms with Gasteiger partial charge in [0, 0.05) is 22.8 Å². The maximum atomic E-state index is 6.06. The van der Waals surface area contributed by atoms with Gasteiger partial charge in [-0.3, -0.25) is 0 Å². The van der Waals surface area contributed by atoms with Crippen LogP contribution in [0.2, 0.25) is 0 Å². The first-order valence-corrected chi connectivity index (χ1v) is 18.6. The third kappa shape index (κ3) is 5.17. The van der Waals surface area contributed by atoms with Crippen molar-refractivity contribution in [2.24, 2.45) is 0 Å². The van der Waals surface area contributed by atoms with Crippen LogP contribution in [0.4, 0.5) is 0 Å². The largest absolute Gasteiger partial charge is 0.361 e. The van der Waals surface area contributed by atoms with Crippen LogP contribution in [0.3, 0.4) is 0 Å². The molecule has 3 heterocycles.